The maximum atomic E-state index is 5.82. The first kappa shape index (κ1) is 14.1. The lowest BCUT2D eigenvalue weighted by Crippen LogP contribution is -2.03. The van der Waals surface area contributed by atoms with Crippen molar-refractivity contribution in [3.05, 3.63) is 29.8 Å². The summed E-state index contributed by atoms with van der Waals surface area (Å²) in [5, 5.41) is 0. The molecule has 2 rings (SSSR count). The number of unbranched alkanes of at least 4 members (excludes halogenated alkanes) is 1. The summed E-state index contributed by atoms with van der Waals surface area (Å²) in [5.74, 6) is 1.32. The molecule has 0 amide bonds. The normalized spacial score (nSPS) is 10.5. The lowest BCUT2D eigenvalue weighted by molar-refractivity contribution is 0.310. The standard InChI is InChI=1S/C15H20N4O/c1-3-4-7-20-13-6-5-10(2)8-11(13)12-9-14(16)19-15(17)18-12/h5-6,8-9H,3-4,7H2,1-2H3,(H4,16,17,18,19). The fourth-order valence-electron chi connectivity index (χ4n) is 1.92. The lowest BCUT2D eigenvalue weighted by Gasteiger charge is -2.12. The number of rotatable bonds is 5. The van der Waals surface area contributed by atoms with Crippen LogP contribution in [0.2, 0.25) is 0 Å². The Balaban J connectivity index is 2.40. The average molecular weight is 272 g/mol. The number of anilines is 2. The third-order valence-electron chi connectivity index (χ3n) is 2.93. The van der Waals surface area contributed by atoms with Gasteiger partial charge in [-0.15, -0.1) is 0 Å². The lowest BCUT2D eigenvalue weighted by atomic mass is 10.1. The second kappa shape index (κ2) is 6.23. The first-order valence-electron chi connectivity index (χ1n) is 6.74. The van der Waals surface area contributed by atoms with Crippen molar-refractivity contribution < 1.29 is 4.74 Å². The van der Waals surface area contributed by atoms with Gasteiger partial charge in [0, 0.05) is 11.6 Å². The number of benzene rings is 1. The third-order valence-corrected chi connectivity index (χ3v) is 2.93. The van der Waals surface area contributed by atoms with E-state index in [9.17, 15) is 0 Å². The summed E-state index contributed by atoms with van der Waals surface area (Å²) in [7, 11) is 0. The molecule has 20 heavy (non-hydrogen) atoms. The zero-order valence-electron chi connectivity index (χ0n) is 11.9. The Morgan fingerprint density at radius 2 is 1.95 bits per heavy atom. The summed E-state index contributed by atoms with van der Waals surface area (Å²) in [6.07, 6.45) is 2.11. The smallest absolute Gasteiger partial charge is 0.222 e. The third kappa shape index (κ3) is 3.38. The van der Waals surface area contributed by atoms with Crippen LogP contribution in [-0.2, 0) is 0 Å². The summed E-state index contributed by atoms with van der Waals surface area (Å²) in [5.41, 5.74) is 14.1. The van der Waals surface area contributed by atoms with Crippen molar-refractivity contribution in [2.24, 2.45) is 0 Å². The van der Waals surface area contributed by atoms with E-state index in [0.717, 1.165) is 29.7 Å². The van der Waals surface area contributed by atoms with E-state index < -0.39 is 0 Å². The largest absolute Gasteiger partial charge is 0.493 e. The summed E-state index contributed by atoms with van der Waals surface area (Å²) in [6, 6.07) is 7.69. The summed E-state index contributed by atoms with van der Waals surface area (Å²) < 4.78 is 5.82. The number of aromatic nitrogens is 2. The van der Waals surface area contributed by atoms with E-state index in [2.05, 4.69) is 16.9 Å². The zero-order chi connectivity index (χ0) is 14.5. The van der Waals surface area contributed by atoms with Crippen LogP contribution in [0.15, 0.2) is 24.3 Å². The molecule has 0 spiro atoms. The number of ether oxygens (including phenoxy) is 1. The predicted octanol–water partition coefficient (Wildman–Crippen LogP) is 2.80. The molecule has 1 aromatic heterocycles. The molecule has 5 nitrogen and oxygen atoms in total. The Morgan fingerprint density at radius 3 is 2.65 bits per heavy atom. The molecule has 106 valence electrons. The van der Waals surface area contributed by atoms with Crippen molar-refractivity contribution in [1.82, 2.24) is 9.97 Å². The molecule has 0 aliphatic heterocycles. The van der Waals surface area contributed by atoms with Gasteiger partial charge in [0.1, 0.15) is 11.6 Å². The van der Waals surface area contributed by atoms with Crippen LogP contribution in [0.3, 0.4) is 0 Å². The summed E-state index contributed by atoms with van der Waals surface area (Å²) >= 11 is 0. The quantitative estimate of drug-likeness (QED) is 0.817. The molecule has 0 unspecified atom stereocenters. The highest BCUT2D eigenvalue weighted by molar-refractivity contribution is 5.70. The minimum Gasteiger partial charge on any atom is -0.493 e. The number of nitrogen functional groups attached to an aromatic ring is 2. The summed E-state index contributed by atoms with van der Waals surface area (Å²) in [4.78, 5) is 8.13. The SMILES string of the molecule is CCCCOc1ccc(C)cc1-c1cc(N)nc(N)n1. The van der Waals surface area contributed by atoms with Crippen LogP contribution < -0.4 is 16.2 Å². The van der Waals surface area contributed by atoms with Gasteiger partial charge in [-0.2, -0.15) is 4.98 Å². The van der Waals surface area contributed by atoms with E-state index in [1.54, 1.807) is 6.07 Å². The Morgan fingerprint density at radius 1 is 1.15 bits per heavy atom. The molecular weight excluding hydrogens is 252 g/mol. The van der Waals surface area contributed by atoms with E-state index in [1.807, 2.05) is 25.1 Å². The van der Waals surface area contributed by atoms with E-state index in [4.69, 9.17) is 16.2 Å². The molecule has 0 radical (unpaired) electrons. The van der Waals surface area contributed by atoms with Gasteiger partial charge in [-0.05, 0) is 25.5 Å². The number of nitrogens with two attached hydrogens (primary N) is 2. The molecule has 1 aromatic carbocycles. The molecule has 0 saturated carbocycles. The van der Waals surface area contributed by atoms with Crippen LogP contribution in [0.4, 0.5) is 11.8 Å². The molecule has 5 heteroatoms. The van der Waals surface area contributed by atoms with Gasteiger partial charge in [-0.3, -0.25) is 0 Å². The van der Waals surface area contributed by atoms with Crippen LogP contribution in [0, 0.1) is 6.92 Å². The van der Waals surface area contributed by atoms with Crippen molar-refractivity contribution in [3.8, 4) is 17.0 Å². The number of nitrogens with zero attached hydrogens (tertiary/aromatic N) is 2. The molecule has 1 heterocycles. The minimum atomic E-state index is 0.168. The number of hydrogen-bond donors (Lipinski definition) is 2. The van der Waals surface area contributed by atoms with Gasteiger partial charge >= 0.3 is 0 Å². The Labute approximate surface area is 119 Å². The first-order valence-corrected chi connectivity index (χ1v) is 6.74. The maximum Gasteiger partial charge on any atom is 0.222 e. The van der Waals surface area contributed by atoms with Gasteiger partial charge in [-0.1, -0.05) is 25.0 Å². The zero-order valence-corrected chi connectivity index (χ0v) is 11.9. The van der Waals surface area contributed by atoms with Crippen molar-refractivity contribution in [3.63, 3.8) is 0 Å². The molecule has 0 aliphatic rings. The second-order valence-corrected chi connectivity index (χ2v) is 4.74. The number of hydrogen-bond acceptors (Lipinski definition) is 5. The topological polar surface area (TPSA) is 87.0 Å². The monoisotopic (exact) mass is 272 g/mol. The molecule has 0 saturated heterocycles. The molecule has 0 aliphatic carbocycles. The average Bonchev–Trinajstić information content (AvgIpc) is 2.39. The Hall–Kier alpha value is -2.30. The van der Waals surface area contributed by atoms with Crippen molar-refractivity contribution in [1.29, 1.82) is 0 Å². The second-order valence-electron chi connectivity index (χ2n) is 4.74. The van der Waals surface area contributed by atoms with E-state index in [-0.39, 0.29) is 5.95 Å². The van der Waals surface area contributed by atoms with Gasteiger partial charge in [-0.25, -0.2) is 4.98 Å². The van der Waals surface area contributed by atoms with E-state index in [0.29, 0.717) is 18.1 Å². The van der Waals surface area contributed by atoms with Gasteiger partial charge in [0.15, 0.2) is 0 Å². The van der Waals surface area contributed by atoms with Gasteiger partial charge in [0.25, 0.3) is 0 Å². The fourth-order valence-corrected chi connectivity index (χ4v) is 1.92. The Kier molecular flexibility index (Phi) is 4.40. The van der Waals surface area contributed by atoms with Crippen molar-refractivity contribution in [2.45, 2.75) is 26.7 Å². The molecule has 2 aromatic rings. The maximum absolute atomic E-state index is 5.82. The highest BCUT2D eigenvalue weighted by atomic mass is 16.5. The fraction of sp³-hybridized carbons (Fsp3) is 0.333. The molecular formula is C15H20N4O. The molecule has 0 atom stereocenters. The summed E-state index contributed by atoms with van der Waals surface area (Å²) in [6.45, 7) is 4.83. The molecule has 4 N–H and O–H groups in total. The van der Waals surface area contributed by atoms with Gasteiger partial charge in [0.05, 0.1) is 12.3 Å². The van der Waals surface area contributed by atoms with Crippen LogP contribution >= 0.6 is 0 Å². The first-order chi connectivity index (χ1) is 9.60. The Bertz CT molecular complexity index is 578. The van der Waals surface area contributed by atoms with Crippen molar-refractivity contribution in [2.75, 3.05) is 18.1 Å². The van der Waals surface area contributed by atoms with Gasteiger partial charge in [0.2, 0.25) is 5.95 Å². The molecule has 0 fully saturated rings. The van der Waals surface area contributed by atoms with Crippen LogP contribution in [0.5, 0.6) is 5.75 Å². The van der Waals surface area contributed by atoms with Crippen molar-refractivity contribution >= 4 is 11.8 Å². The van der Waals surface area contributed by atoms with Gasteiger partial charge < -0.3 is 16.2 Å². The van der Waals surface area contributed by atoms with Crippen LogP contribution in [-0.4, -0.2) is 16.6 Å². The van der Waals surface area contributed by atoms with Crippen LogP contribution in [0.1, 0.15) is 25.3 Å². The minimum absolute atomic E-state index is 0.168. The highest BCUT2D eigenvalue weighted by Crippen LogP contribution is 2.31. The molecule has 0 bridgehead atoms. The van der Waals surface area contributed by atoms with Crippen LogP contribution in [0.25, 0.3) is 11.3 Å². The predicted molar refractivity (Wildman–Crippen MR) is 81.4 cm³/mol. The number of aryl methyl sites for hydroxylation is 1. The van der Waals surface area contributed by atoms with E-state index >= 15 is 0 Å². The highest BCUT2D eigenvalue weighted by Gasteiger charge is 2.10. The van der Waals surface area contributed by atoms with E-state index in [1.165, 1.54) is 0 Å².